The molecule has 0 unspecified atom stereocenters. The van der Waals surface area contributed by atoms with Crippen LogP contribution in [0.3, 0.4) is 0 Å². The summed E-state index contributed by atoms with van der Waals surface area (Å²) in [6.45, 7) is 3.29. The Labute approximate surface area is 239 Å². The van der Waals surface area contributed by atoms with Gasteiger partial charge in [0.25, 0.3) is 5.69 Å². The third-order valence-electron chi connectivity index (χ3n) is 5.56. The van der Waals surface area contributed by atoms with Crippen LogP contribution in [0.15, 0.2) is 77.4 Å². The number of aliphatic imine (C=N–C) groups is 1. The van der Waals surface area contributed by atoms with Crippen molar-refractivity contribution in [3.05, 3.63) is 99.2 Å². The van der Waals surface area contributed by atoms with Crippen molar-refractivity contribution in [2.75, 3.05) is 13.7 Å². The van der Waals surface area contributed by atoms with Crippen molar-refractivity contribution in [2.45, 2.75) is 13.8 Å². The number of non-ortho nitro benzene ring substituents is 1. The van der Waals surface area contributed by atoms with Crippen molar-refractivity contribution in [3.8, 4) is 23.0 Å². The Balaban J connectivity index is 1.53. The van der Waals surface area contributed by atoms with Gasteiger partial charge in [0, 0.05) is 30.7 Å². The SMILES string of the molecule is CCOc1cc(/C=C2\N=C(c3ccc(OC(C)=O)c(OC)c3)OC2=O)ccc1OC(=O)/C=C/c1cccc([N+](=O)[O-])c1. The van der Waals surface area contributed by atoms with E-state index >= 15 is 0 Å². The van der Waals surface area contributed by atoms with Crippen LogP contribution in [0, 0.1) is 10.1 Å². The van der Waals surface area contributed by atoms with Gasteiger partial charge in [0.05, 0.1) is 18.6 Å². The molecule has 0 amide bonds. The zero-order chi connectivity index (χ0) is 30.2. The van der Waals surface area contributed by atoms with Gasteiger partial charge in [0.15, 0.2) is 28.7 Å². The summed E-state index contributed by atoms with van der Waals surface area (Å²) < 4.78 is 26.7. The van der Waals surface area contributed by atoms with Crippen LogP contribution in [0.4, 0.5) is 5.69 Å². The van der Waals surface area contributed by atoms with Gasteiger partial charge in [-0.3, -0.25) is 14.9 Å². The molecule has 0 spiro atoms. The number of carbonyl (C=O) groups excluding carboxylic acids is 3. The van der Waals surface area contributed by atoms with Crippen molar-refractivity contribution < 1.29 is 43.0 Å². The van der Waals surface area contributed by atoms with E-state index in [9.17, 15) is 24.5 Å². The van der Waals surface area contributed by atoms with E-state index in [1.807, 2.05) is 0 Å². The number of nitro groups is 1. The highest BCUT2D eigenvalue weighted by Crippen LogP contribution is 2.32. The Morgan fingerprint density at radius 1 is 0.976 bits per heavy atom. The lowest BCUT2D eigenvalue weighted by molar-refractivity contribution is -0.384. The molecule has 12 heteroatoms. The molecular formula is C30H24N2O10. The second kappa shape index (κ2) is 13.0. The van der Waals surface area contributed by atoms with Gasteiger partial charge in [-0.2, -0.15) is 0 Å². The lowest BCUT2D eigenvalue weighted by Crippen LogP contribution is -2.07. The third-order valence-corrected chi connectivity index (χ3v) is 5.56. The van der Waals surface area contributed by atoms with E-state index in [1.165, 1.54) is 62.6 Å². The first-order valence-electron chi connectivity index (χ1n) is 12.5. The van der Waals surface area contributed by atoms with Crippen LogP contribution in [0.5, 0.6) is 23.0 Å². The Kier molecular flexibility index (Phi) is 9.07. The van der Waals surface area contributed by atoms with Crippen molar-refractivity contribution in [1.82, 2.24) is 0 Å². The summed E-state index contributed by atoms with van der Waals surface area (Å²) in [5, 5.41) is 11.0. The average Bonchev–Trinajstić information content (AvgIpc) is 3.33. The molecule has 0 saturated carbocycles. The quantitative estimate of drug-likeness (QED) is 0.108. The monoisotopic (exact) mass is 572 g/mol. The fourth-order valence-electron chi connectivity index (χ4n) is 3.75. The van der Waals surface area contributed by atoms with Crippen LogP contribution in [-0.2, 0) is 19.1 Å². The molecule has 0 aliphatic carbocycles. The zero-order valence-electron chi connectivity index (χ0n) is 22.7. The fraction of sp³-hybridized carbons (Fsp3) is 0.133. The standard InChI is InChI=1S/C30H24N2O10/c1-4-39-27-16-20(8-11-25(27)41-28(34)13-9-19-6-5-7-22(14-19)32(36)37)15-23-30(35)42-29(31-23)21-10-12-24(40-18(2)33)26(17-21)38-3/h5-17H,4H2,1-3H3/b13-9+,23-15-. The number of nitrogens with zero attached hydrogens (tertiary/aromatic N) is 2. The van der Waals surface area contributed by atoms with E-state index in [4.69, 9.17) is 23.7 Å². The minimum absolute atomic E-state index is 0.0140. The predicted molar refractivity (Wildman–Crippen MR) is 150 cm³/mol. The Morgan fingerprint density at radius 2 is 1.74 bits per heavy atom. The van der Waals surface area contributed by atoms with Crippen LogP contribution in [-0.4, -0.2) is 42.4 Å². The minimum Gasteiger partial charge on any atom is -0.493 e. The molecule has 12 nitrogen and oxygen atoms in total. The Hall–Kier alpha value is -5.78. The van der Waals surface area contributed by atoms with Crippen LogP contribution in [0.25, 0.3) is 12.2 Å². The van der Waals surface area contributed by atoms with E-state index in [0.29, 0.717) is 16.7 Å². The number of hydrogen-bond acceptors (Lipinski definition) is 11. The molecule has 0 bridgehead atoms. The first kappa shape index (κ1) is 29.2. The molecule has 42 heavy (non-hydrogen) atoms. The highest BCUT2D eigenvalue weighted by molar-refractivity contribution is 6.13. The second-order valence-electron chi connectivity index (χ2n) is 8.54. The highest BCUT2D eigenvalue weighted by Gasteiger charge is 2.25. The molecule has 1 heterocycles. The van der Waals surface area contributed by atoms with Gasteiger partial charge < -0.3 is 23.7 Å². The highest BCUT2D eigenvalue weighted by atomic mass is 16.6. The summed E-state index contributed by atoms with van der Waals surface area (Å²) in [6, 6.07) is 15.1. The number of hydrogen-bond donors (Lipinski definition) is 0. The van der Waals surface area contributed by atoms with Gasteiger partial charge in [0.2, 0.25) is 5.90 Å². The number of nitro benzene ring substituents is 1. The molecule has 0 aromatic heterocycles. The van der Waals surface area contributed by atoms with E-state index in [1.54, 1.807) is 31.2 Å². The number of esters is 3. The summed E-state index contributed by atoms with van der Waals surface area (Å²) in [5.74, 6) is -1.06. The molecule has 3 aromatic rings. The van der Waals surface area contributed by atoms with Crippen LogP contribution in [0.1, 0.15) is 30.5 Å². The fourth-order valence-corrected chi connectivity index (χ4v) is 3.75. The summed E-state index contributed by atoms with van der Waals surface area (Å²) in [4.78, 5) is 51.0. The summed E-state index contributed by atoms with van der Waals surface area (Å²) in [5.41, 5.74) is 1.31. The maximum absolute atomic E-state index is 12.5. The van der Waals surface area contributed by atoms with Gasteiger partial charge in [-0.25, -0.2) is 14.6 Å². The van der Waals surface area contributed by atoms with Gasteiger partial charge in [-0.1, -0.05) is 18.2 Å². The molecule has 4 rings (SSSR count). The van der Waals surface area contributed by atoms with Crippen molar-refractivity contribution >= 4 is 41.6 Å². The summed E-state index contributed by atoms with van der Waals surface area (Å²) in [7, 11) is 1.41. The number of benzene rings is 3. The molecular weight excluding hydrogens is 548 g/mol. The zero-order valence-corrected chi connectivity index (χ0v) is 22.7. The number of rotatable bonds is 10. The van der Waals surface area contributed by atoms with Crippen LogP contribution >= 0.6 is 0 Å². The lowest BCUT2D eigenvalue weighted by atomic mass is 10.1. The molecule has 3 aromatic carbocycles. The van der Waals surface area contributed by atoms with Gasteiger partial charge in [-0.05, 0) is 60.5 Å². The smallest absolute Gasteiger partial charge is 0.363 e. The Bertz CT molecular complexity index is 1660. The molecule has 0 N–H and O–H groups in total. The topological polar surface area (TPSA) is 153 Å². The van der Waals surface area contributed by atoms with Crippen molar-refractivity contribution in [2.24, 2.45) is 4.99 Å². The predicted octanol–water partition coefficient (Wildman–Crippen LogP) is 4.89. The maximum Gasteiger partial charge on any atom is 0.363 e. The Morgan fingerprint density at radius 3 is 2.45 bits per heavy atom. The average molecular weight is 573 g/mol. The normalized spacial score (nSPS) is 13.5. The molecule has 0 fully saturated rings. The van der Waals surface area contributed by atoms with E-state index in [0.717, 1.165) is 6.08 Å². The summed E-state index contributed by atoms with van der Waals surface area (Å²) >= 11 is 0. The van der Waals surface area contributed by atoms with Crippen molar-refractivity contribution in [3.63, 3.8) is 0 Å². The first-order valence-corrected chi connectivity index (χ1v) is 12.5. The lowest BCUT2D eigenvalue weighted by Gasteiger charge is -2.10. The van der Waals surface area contributed by atoms with Crippen LogP contribution in [0.2, 0.25) is 0 Å². The van der Waals surface area contributed by atoms with E-state index < -0.39 is 22.8 Å². The van der Waals surface area contributed by atoms with Gasteiger partial charge >= 0.3 is 17.9 Å². The van der Waals surface area contributed by atoms with Crippen molar-refractivity contribution in [1.29, 1.82) is 0 Å². The first-order chi connectivity index (χ1) is 20.2. The molecule has 1 aliphatic heterocycles. The molecule has 1 aliphatic rings. The van der Waals surface area contributed by atoms with Gasteiger partial charge in [0.1, 0.15) is 0 Å². The number of ether oxygens (including phenoxy) is 5. The molecule has 0 radical (unpaired) electrons. The minimum atomic E-state index is -0.725. The number of carbonyl (C=O) groups is 3. The largest absolute Gasteiger partial charge is 0.493 e. The van der Waals surface area contributed by atoms with Gasteiger partial charge in [-0.15, -0.1) is 0 Å². The maximum atomic E-state index is 12.5. The number of methoxy groups -OCH3 is 1. The molecule has 214 valence electrons. The van der Waals surface area contributed by atoms with Crippen LogP contribution < -0.4 is 18.9 Å². The third kappa shape index (κ3) is 7.24. The molecule has 0 atom stereocenters. The summed E-state index contributed by atoms with van der Waals surface area (Å²) in [6.07, 6.45) is 4.02. The number of cyclic esters (lactones) is 1. The van der Waals surface area contributed by atoms with E-state index in [2.05, 4.69) is 4.99 Å². The molecule has 0 saturated heterocycles. The van der Waals surface area contributed by atoms with E-state index in [-0.39, 0.29) is 46.9 Å². The second-order valence-corrected chi connectivity index (χ2v) is 8.54.